The summed E-state index contributed by atoms with van der Waals surface area (Å²) >= 11 is 3.20. The smallest absolute Gasteiger partial charge is 0.252 e. The number of nitrogens with one attached hydrogen (secondary N) is 1. The second-order valence-electron chi connectivity index (χ2n) is 4.56. The second kappa shape index (κ2) is 6.72. The molecule has 0 aliphatic rings. The molecule has 0 radical (unpaired) electrons. The molecule has 0 bridgehead atoms. The molecule has 1 unspecified atom stereocenters. The molecule has 0 aromatic heterocycles. The zero-order chi connectivity index (χ0) is 15.4. The van der Waals surface area contributed by atoms with Gasteiger partial charge in [-0.05, 0) is 47.1 Å². The third kappa shape index (κ3) is 3.61. The van der Waals surface area contributed by atoms with Crippen molar-refractivity contribution in [2.75, 3.05) is 7.11 Å². The number of methoxy groups -OCH3 is 1. The standard InChI is InChI=1S/C16H15BrFNO2/c1-10(12-5-3-4-6-15(12)21-2)19-16(20)13-8-7-11(18)9-14(13)17/h3-10H,1-2H3,(H,19,20). The zero-order valence-electron chi connectivity index (χ0n) is 11.7. The van der Waals surface area contributed by atoms with Crippen molar-refractivity contribution in [2.24, 2.45) is 0 Å². The maximum atomic E-state index is 13.1. The molecule has 0 saturated heterocycles. The minimum Gasteiger partial charge on any atom is -0.496 e. The van der Waals surface area contributed by atoms with Gasteiger partial charge in [0.25, 0.3) is 5.91 Å². The van der Waals surface area contributed by atoms with Gasteiger partial charge in [0.05, 0.1) is 18.7 Å². The Morgan fingerprint density at radius 1 is 1.29 bits per heavy atom. The first-order valence-corrected chi connectivity index (χ1v) is 7.21. The first kappa shape index (κ1) is 15.5. The zero-order valence-corrected chi connectivity index (χ0v) is 13.3. The summed E-state index contributed by atoms with van der Waals surface area (Å²) in [4.78, 5) is 12.3. The van der Waals surface area contributed by atoms with Gasteiger partial charge < -0.3 is 10.1 Å². The number of amides is 1. The fraction of sp³-hybridized carbons (Fsp3) is 0.188. The van der Waals surface area contributed by atoms with Crippen LogP contribution in [-0.2, 0) is 0 Å². The lowest BCUT2D eigenvalue weighted by molar-refractivity contribution is 0.0938. The molecule has 21 heavy (non-hydrogen) atoms. The molecule has 0 spiro atoms. The highest BCUT2D eigenvalue weighted by Crippen LogP contribution is 2.25. The number of carbonyl (C=O) groups excluding carboxylic acids is 1. The molecule has 1 amide bonds. The van der Waals surface area contributed by atoms with Crippen molar-refractivity contribution in [1.82, 2.24) is 5.32 Å². The number of halogens is 2. The first-order chi connectivity index (χ1) is 10.0. The Morgan fingerprint density at radius 2 is 2.00 bits per heavy atom. The predicted octanol–water partition coefficient (Wildman–Crippen LogP) is 4.09. The summed E-state index contributed by atoms with van der Waals surface area (Å²) in [5, 5.41) is 2.88. The summed E-state index contributed by atoms with van der Waals surface area (Å²) in [5.41, 5.74) is 1.27. The van der Waals surface area contributed by atoms with Crippen LogP contribution in [0.5, 0.6) is 5.75 Å². The van der Waals surface area contributed by atoms with Crippen molar-refractivity contribution in [2.45, 2.75) is 13.0 Å². The lowest BCUT2D eigenvalue weighted by Crippen LogP contribution is -2.27. The molecule has 0 fully saturated rings. The van der Waals surface area contributed by atoms with Crippen molar-refractivity contribution in [3.63, 3.8) is 0 Å². The number of rotatable bonds is 4. The van der Waals surface area contributed by atoms with Crippen molar-refractivity contribution >= 4 is 21.8 Å². The summed E-state index contributed by atoms with van der Waals surface area (Å²) in [6, 6.07) is 11.2. The fourth-order valence-electron chi connectivity index (χ4n) is 2.05. The number of ether oxygens (including phenoxy) is 1. The van der Waals surface area contributed by atoms with E-state index in [9.17, 15) is 9.18 Å². The van der Waals surface area contributed by atoms with E-state index in [1.807, 2.05) is 31.2 Å². The topological polar surface area (TPSA) is 38.3 Å². The van der Waals surface area contributed by atoms with Gasteiger partial charge in [-0.15, -0.1) is 0 Å². The number of hydrogen-bond donors (Lipinski definition) is 1. The van der Waals surface area contributed by atoms with Crippen LogP contribution >= 0.6 is 15.9 Å². The molecule has 2 aromatic carbocycles. The van der Waals surface area contributed by atoms with Crippen LogP contribution in [0.3, 0.4) is 0 Å². The molecule has 0 aliphatic heterocycles. The van der Waals surface area contributed by atoms with E-state index in [1.165, 1.54) is 18.2 Å². The maximum absolute atomic E-state index is 13.1. The van der Waals surface area contributed by atoms with Crippen molar-refractivity contribution < 1.29 is 13.9 Å². The number of carbonyl (C=O) groups is 1. The summed E-state index contributed by atoms with van der Waals surface area (Å²) in [6.45, 7) is 1.87. The Kier molecular flexibility index (Phi) is 4.96. The summed E-state index contributed by atoms with van der Waals surface area (Å²) in [6.07, 6.45) is 0. The third-order valence-corrected chi connectivity index (χ3v) is 3.78. The molecule has 1 atom stereocenters. The molecular weight excluding hydrogens is 337 g/mol. The number of para-hydroxylation sites is 1. The molecule has 0 saturated carbocycles. The normalized spacial score (nSPS) is 11.8. The first-order valence-electron chi connectivity index (χ1n) is 6.41. The monoisotopic (exact) mass is 351 g/mol. The van der Waals surface area contributed by atoms with E-state index in [1.54, 1.807) is 7.11 Å². The highest BCUT2D eigenvalue weighted by atomic mass is 79.9. The van der Waals surface area contributed by atoms with E-state index in [0.717, 1.165) is 5.56 Å². The Morgan fingerprint density at radius 3 is 2.67 bits per heavy atom. The molecule has 110 valence electrons. The predicted molar refractivity (Wildman–Crippen MR) is 83.0 cm³/mol. The van der Waals surface area contributed by atoms with Gasteiger partial charge in [0.15, 0.2) is 0 Å². The van der Waals surface area contributed by atoms with Crippen LogP contribution in [-0.4, -0.2) is 13.0 Å². The van der Waals surface area contributed by atoms with E-state index in [0.29, 0.717) is 15.8 Å². The SMILES string of the molecule is COc1ccccc1C(C)NC(=O)c1ccc(F)cc1Br. The lowest BCUT2D eigenvalue weighted by atomic mass is 10.1. The summed E-state index contributed by atoms with van der Waals surface area (Å²) in [7, 11) is 1.59. The highest BCUT2D eigenvalue weighted by molar-refractivity contribution is 9.10. The van der Waals surface area contributed by atoms with Crippen molar-refractivity contribution in [1.29, 1.82) is 0 Å². The summed E-state index contributed by atoms with van der Waals surface area (Å²) in [5.74, 6) is 0.0416. The lowest BCUT2D eigenvalue weighted by Gasteiger charge is -2.17. The van der Waals surface area contributed by atoms with Gasteiger partial charge in [-0.1, -0.05) is 18.2 Å². The molecule has 2 aromatic rings. The van der Waals surface area contributed by atoms with E-state index in [-0.39, 0.29) is 11.9 Å². The van der Waals surface area contributed by atoms with Gasteiger partial charge in [0.2, 0.25) is 0 Å². The Balaban J connectivity index is 2.19. The van der Waals surface area contributed by atoms with Crippen LogP contribution in [0.2, 0.25) is 0 Å². The minimum absolute atomic E-state index is 0.231. The van der Waals surface area contributed by atoms with Gasteiger partial charge in [-0.3, -0.25) is 4.79 Å². The van der Waals surface area contributed by atoms with E-state index in [4.69, 9.17) is 4.74 Å². The maximum Gasteiger partial charge on any atom is 0.252 e. The second-order valence-corrected chi connectivity index (χ2v) is 5.42. The van der Waals surface area contributed by atoms with Crippen LogP contribution in [0, 0.1) is 5.82 Å². The van der Waals surface area contributed by atoms with Crippen LogP contribution in [0.4, 0.5) is 4.39 Å². The van der Waals surface area contributed by atoms with Crippen LogP contribution < -0.4 is 10.1 Å². The molecule has 0 heterocycles. The molecule has 1 N–H and O–H groups in total. The van der Waals surface area contributed by atoms with Crippen LogP contribution in [0.1, 0.15) is 28.9 Å². The molecule has 3 nitrogen and oxygen atoms in total. The average molecular weight is 352 g/mol. The molecule has 5 heteroatoms. The average Bonchev–Trinajstić information content (AvgIpc) is 2.46. The van der Waals surface area contributed by atoms with E-state index < -0.39 is 5.82 Å². The summed E-state index contributed by atoms with van der Waals surface area (Å²) < 4.78 is 18.8. The van der Waals surface area contributed by atoms with Crippen molar-refractivity contribution in [3.8, 4) is 5.75 Å². The van der Waals surface area contributed by atoms with E-state index in [2.05, 4.69) is 21.2 Å². The van der Waals surface area contributed by atoms with Gasteiger partial charge in [-0.2, -0.15) is 0 Å². The Bertz CT molecular complexity index is 660. The quantitative estimate of drug-likeness (QED) is 0.900. The van der Waals surface area contributed by atoms with Crippen LogP contribution in [0.25, 0.3) is 0 Å². The Hall–Kier alpha value is -1.88. The number of benzene rings is 2. The highest BCUT2D eigenvalue weighted by Gasteiger charge is 2.16. The number of hydrogen-bond acceptors (Lipinski definition) is 2. The van der Waals surface area contributed by atoms with Gasteiger partial charge >= 0.3 is 0 Å². The fourth-order valence-corrected chi connectivity index (χ4v) is 2.58. The minimum atomic E-state index is -0.392. The molecule has 2 rings (SSSR count). The third-order valence-electron chi connectivity index (χ3n) is 3.13. The van der Waals surface area contributed by atoms with Crippen LogP contribution in [0.15, 0.2) is 46.9 Å². The largest absolute Gasteiger partial charge is 0.496 e. The molecule has 0 aliphatic carbocycles. The Labute approximate surface area is 131 Å². The van der Waals surface area contributed by atoms with Crippen molar-refractivity contribution in [3.05, 3.63) is 63.9 Å². The van der Waals surface area contributed by atoms with E-state index >= 15 is 0 Å². The van der Waals surface area contributed by atoms with Gasteiger partial charge in [0.1, 0.15) is 11.6 Å². The van der Waals surface area contributed by atoms with Gasteiger partial charge in [0, 0.05) is 10.0 Å². The van der Waals surface area contributed by atoms with Gasteiger partial charge in [-0.25, -0.2) is 4.39 Å². The molecular formula is C16H15BrFNO2.